The predicted octanol–water partition coefficient (Wildman–Crippen LogP) is 5.64. The second kappa shape index (κ2) is 11.7. The molecule has 2 aliphatic rings. The van der Waals surface area contributed by atoms with E-state index in [1.54, 1.807) is 17.0 Å². The second-order valence-electron chi connectivity index (χ2n) is 10.5. The van der Waals surface area contributed by atoms with Crippen molar-refractivity contribution >= 4 is 50.4 Å². The lowest BCUT2D eigenvalue weighted by molar-refractivity contribution is -0.139. The van der Waals surface area contributed by atoms with Crippen LogP contribution >= 0.6 is 27.5 Å². The van der Waals surface area contributed by atoms with Gasteiger partial charge in [-0.2, -0.15) is 0 Å². The monoisotopic (exact) mass is 619 g/mol. The van der Waals surface area contributed by atoms with Gasteiger partial charge in [-0.25, -0.2) is 4.98 Å². The van der Waals surface area contributed by atoms with E-state index in [1.165, 1.54) is 0 Å². The Balaban J connectivity index is 1.12. The number of benzene rings is 3. The predicted molar refractivity (Wildman–Crippen MR) is 161 cm³/mol. The lowest BCUT2D eigenvalue weighted by Gasteiger charge is -2.39. The highest BCUT2D eigenvalue weighted by atomic mass is 79.9. The number of carbonyl (C=O) groups is 2. The van der Waals surface area contributed by atoms with Crippen molar-refractivity contribution in [1.82, 2.24) is 24.3 Å². The van der Waals surface area contributed by atoms with E-state index in [4.69, 9.17) is 16.6 Å². The van der Waals surface area contributed by atoms with E-state index < -0.39 is 0 Å². The van der Waals surface area contributed by atoms with Crippen LogP contribution in [0.2, 0.25) is 5.02 Å². The zero-order chi connectivity index (χ0) is 27.6. The Morgan fingerprint density at radius 1 is 0.875 bits per heavy atom. The van der Waals surface area contributed by atoms with Gasteiger partial charge < -0.3 is 9.80 Å². The van der Waals surface area contributed by atoms with E-state index in [-0.39, 0.29) is 17.7 Å². The molecule has 2 fully saturated rings. The number of fused-ring (bicyclic) bond motifs is 1. The fourth-order valence-corrected chi connectivity index (χ4v) is 6.33. The highest BCUT2D eigenvalue weighted by molar-refractivity contribution is 9.10. The van der Waals surface area contributed by atoms with E-state index >= 15 is 0 Å². The van der Waals surface area contributed by atoms with Crippen LogP contribution in [0.3, 0.4) is 0 Å². The van der Waals surface area contributed by atoms with Gasteiger partial charge in [0, 0.05) is 42.9 Å². The van der Waals surface area contributed by atoms with Crippen molar-refractivity contribution in [3.8, 4) is 5.69 Å². The van der Waals surface area contributed by atoms with Crippen molar-refractivity contribution in [2.45, 2.75) is 19.4 Å². The molecule has 1 aromatic heterocycles. The normalized spacial score (nSPS) is 18.3. The van der Waals surface area contributed by atoms with E-state index in [9.17, 15) is 9.59 Å². The molecule has 3 aromatic carbocycles. The molecule has 40 heavy (non-hydrogen) atoms. The summed E-state index contributed by atoms with van der Waals surface area (Å²) in [5.74, 6) is 1.04. The zero-order valence-electron chi connectivity index (χ0n) is 22.2. The van der Waals surface area contributed by atoms with Crippen LogP contribution in [0.5, 0.6) is 0 Å². The molecule has 0 unspecified atom stereocenters. The summed E-state index contributed by atoms with van der Waals surface area (Å²) >= 11 is 9.78. The number of carbonyl (C=O) groups excluding carboxylic acids is 2. The zero-order valence-corrected chi connectivity index (χ0v) is 24.5. The standard InChI is InChI=1S/C31H31BrClN5O2/c32-23-11-13-24(14-12-23)38-28-10-4-3-9-27(28)34-29(38)21-35-15-5-6-22(20-35)30(39)36-16-18-37(19-17-36)31(40)25-7-1-2-8-26(25)33/h1-4,7-14,22H,5-6,15-21H2/t22-/m1/s1. The van der Waals surface area contributed by atoms with Crippen molar-refractivity contribution in [3.63, 3.8) is 0 Å². The maximum Gasteiger partial charge on any atom is 0.255 e. The van der Waals surface area contributed by atoms with Crippen molar-refractivity contribution in [2.24, 2.45) is 5.92 Å². The summed E-state index contributed by atoms with van der Waals surface area (Å²) in [5.41, 5.74) is 3.63. The first-order chi connectivity index (χ1) is 19.5. The summed E-state index contributed by atoms with van der Waals surface area (Å²) in [6.07, 6.45) is 1.86. The van der Waals surface area contributed by atoms with Gasteiger partial charge in [0.1, 0.15) is 5.82 Å². The number of amides is 2. The molecule has 0 radical (unpaired) electrons. The number of nitrogens with zero attached hydrogens (tertiary/aromatic N) is 5. The molecule has 2 amide bonds. The number of piperazine rings is 1. The second-order valence-corrected chi connectivity index (χ2v) is 11.8. The van der Waals surface area contributed by atoms with Gasteiger partial charge in [-0.3, -0.25) is 19.1 Å². The van der Waals surface area contributed by atoms with Crippen molar-refractivity contribution in [3.05, 3.63) is 93.7 Å². The Bertz CT molecular complexity index is 1530. The maximum absolute atomic E-state index is 13.6. The fourth-order valence-electron chi connectivity index (χ4n) is 5.85. The summed E-state index contributed by atoms with van der Waals surface area (Å²) in [7, 11) is 0. The van der Waals surface area contributed by atoms with Crippen molar-refractivity contribution < 1.29 is 9.59 Å². The van der Waals surface area contributed by atoms with Gasteiger partial charge in [-0.15, -0.1) is 0 Å². The number of hydrogen-bond donors (Lipinski definition) is 0. The van der Waals surface area contributed by atoms with Gasteiger partial charge in [-0.05, 0) is 67.9 Å². The molecular weight excluding hydrogens is 590 g/mol. The summed E-state index contributed by atoms with van der Waals surface area (Å²) in [6.45, 7) is 4.45. The third-order valence-electron chi connectivity index (χ3n) is 7.92. The van der Waals surface area contributed by atoms with E-state index in [2.05, 4.69) is 43.6 Å². The Hall–Kier alpha value is -3.20. The van der Waals surface area contributed by atoms with Crippen LogP contribution in [0.1, 0.15) is 29.0 Å². The van der Waals surface area contributed by atoms with Crippen molar-refractivity contribution in [1.29, 1.82) is 0 Å². The number of imidazole rings is 1. The fraction of sp³-hybridized carbons (Fsp3) is 0.323. The molecule has 6 rings (SSSR count). The van der Waals surface area contributed by atoms with Crippen LogP contribution in [-0.4, -0.2) is 75.3 Å². The molecule has 0 aliphatic carbocycles. The van der Waals surface area contributed by atoms with E-state index in [0.717, 1.165) is 46.4 Å². The van der Waals surface area contributed by atoms with E-state index in [1.807, 2.05) is 47.4 Å². The van der Waals surface area contributed by atoms with Crippen LogP contribution in [0.25, 0.3) is 16.7 Å². The highest BCUT2D eigenvalue weighted by Crippen LogP contribution is 2.27. The molecule has 7 nitrogen and oxygen atoms in total. The Kier molecular flexibility index (Phi) is 7.91. The molecule has 1 atom stereocenters. The summed E-state index contributed by atoms with van der Waals surface area (Å²) in [4.78, 5) is 37.6. The molecule has 206 valence electrons. The topological polar surface area (TPSA) is 61.7 Å². The first kappa shape index (κ1) is 27.0. The summed E-state index contributed by atoms with van der Waals surface area (Å²) < 4.78 is 3.26. The van der Waals surface area contributed by atoms with Crippen LogP contribution in [-0.2, 0) is 11.3 Å². The molecule has 9 heteroatoms. The van der Waals surface area contributed by atoms with Gasteiger partial charge in [0.05, 0.1) is 34.1 Å². The summed E-state index contributed by atoms with van der Waals surface area (Å²) in [6, 6.07) is 23.6. The molecular formula is C31H31BrClN5O2. The average Bonchev–Trinajstić information content (AvgIpc) is 3.35. The Morgan fingerprint density at radius 3 is 2.35 bits per heavy atom. The summed E-state index contributed by atoms with van der Waals surface area (Å²) in [5, 5.41) is 0.460. The minimum Gasteiger partial charge on any atom is -0.339 e. The lowest BCUT2D eigenvalue weighted by Crippen LogP contribution is -2.53. The molecule has 0 spiro atoms. The van der Waals surface area contributed by atoms with Crippen LogP contribution in [0.15, 0.2) is 77.3 Å². The number of aromatic nitrogens is 2. The Labute approximate surface area is 247 Å². The molecule has 3 heterocycles. The largest absolute Gasteiger partial charge is 0.339 e. The number of likely N-dealkylation sites (tertiary alicyclic amines) is 1. The first-order valence-electron chi connectivity index (χ1n) is 13.7. The average molecular weight is 621 g/mol. The Morgan fingerprint density at radius 2 is 1.57 bits per heavy atom. The molecule has 2 aliphatic heterocycles. The first-order valence-corrected chi connectivity index (χ1v) is 14.9. The quantitative estimate of drug-likeness (QED) is 0.290. The maximum atomic E-state index is 13.6. The third-order valence-corrected chi connectivity index (χ3v) is 8.78. The number of rotatable bonds is 5. The van der Waals surface area contributed by atoms with E-state index in [0.29, 0.717) is 49.9 Å². The van der Waals surface area contributed by atoms with Gasteiger partial charge in [0.25, 0.3) is 5.91 Å². The number of para-hydroxylation sites is 2. The van der Waals surface area contributed by atoms with Gasteiger partial charge in [0.2, 0.25) is 5.91 Å². The van der Waals surface area contributed by atoms with Crippen LogP contribution < -0.4 is 0 Å². The molecule has 0 saturated carbocycles. The van der Waals surface area contributed by atoms with Gasteiger partial charge in [-0.1, -0.05) is 51.8 Å². The highest BCUT2D eigenvalue weighted by Gasteiger charge is 2.33. The molecule has 0 N–H and O–H groups in total. The van der Waals surface area contributed by atoms with Gasteiger partial charge >= 0.3 is 0 Å². The third kappa shape index (κ3) is 5.53. The SMILES string of the molecule is O=C(c1ccccc1Cl)N1CCN(C(=O)[C@@H]2CCCN(Cc3nc4ccccc4n3-c3ccc(Br)cc3)C2)CC1. The molecule has 4 aromatic rings. The number of halogens is 2. The number of piperidine rings is 1. The number of hydrogen-bond acceptors (Lipinski definition) is 4. The van der Waals surface area contributed by atoms with Crippen LogP contribution in [0, 0.1) is 5.92 Å². The van der Waals surface area contributed by atoms with Crippen molar-refractivity contribution in [2.75, 3.05) is 39.3 Å². The minimum atomic E-state index is -0.0739. The lowest BCUT2D eigenvalue weighted by atomic mass is 9.96. The van der Waals surface area contributed by atoms with Crippen LogP contribution in [0.4, 0.5) is 0 Å². The smallest absolute Gasteiger partial charge is 0.255 e. The molecule has 0 bridgehead atoms. The minimum absolute atomic E-state index is 0.0509. The molecule has 2 saturated heterocycles. The van der Waals surface area contributed by atoms with Gasteiger partial charge in [0.15, 0.2) is 0 Å².